The van der Waals surface area contributed by atoms with Gasteiger partial charge in [0, 0.05) is 12.1 Å². The van der Waals surface area contributed by atoms with Gasteiger partial charge in [0.1, 0.15) is 5.69 Å². The number of pyridine rings is 1. The van der Waals surface area contributed by atoms with Crippen LogP contribution in [0, 0.1) is 0 Å². The van der Waals surface area contributed by atoms with Crippen LogP contribution in [0.3, 0.4) is 0 Å². The highest BCUT2D eigenvalue weighted by atomic mass is 16.2. The van der Waals surface area contributed by atoms with Gasteiger partial charge in [0.15, 0.2) is 0 Å². The highest BCUT2D eigenvalue weighted by molar-refractivity contribution is 5.92. The third kappa shape index (κ3) is 5.20. The first-order chi connectivity index (χ1) is 10.4. The lowest BCUT2D eigenvalue weighted by atomic mass is 10.1. The summed E-state index contributed by atoms with van der Waals surface area (Å²) in [4.78, 5) is 16.2. The predicted molar refractivity (Wildman–Crippen MR) is 90.1 cm³/mol. The van der Waals surface area contributed by atoms with Gasteiger partial charge in [-0.15, -0.1) is 0 Å². The SMILES string of the molecule is CC(C)(C)NC(=O)c1ccc(NCCc2ccccc2)cn1. The molecule has 0 aliphatic heterocycles. The zero-order chi connectivity index (χ0) is 16.0. The van der Waals surface area contributed by atoms with Gasteiger partial charge in [-0.3, -0.25) is 4.79 Å². The van der Waals surface area contributed by atoms with E-state index < -0.39 is 0 Å². The predicted octanol–water partition coefficient (Wildman–Crippen LogP) is 3.26. The minimum Gasteiger partial charge on any atom is -0.383 e. The normalized spacial score (nSPS) is 11.0. The maximum absolute atomic E-state index is 12.0. The van der Waals surface area contributed by atoms with E-state index in [0.717, 1.165) is 18.7 Å². The number of amides is 1. The smallest absolute Gasteiger partial charge is 0.270 e. The summed E-state index contributed by atoms with van der Waals surface area (Å²) >= 11 is 0. The highest BCUT2D eigenvalue weighted by Gasteiger charge is 2.15. The summed E-state index contributed by atoms with van der Waals surface area (Å²) in [5.41, 5.74) is 2.39. The van der Waals surface area contributed by atoms with E-state index in [1.54, 1.807) is 12.3 Å². The molecule has 0 atom stereocenters. The van der Waals surface area contributed by atoms with Crippen molar-refractivity contribution in [2.24, 2.45) is 0 Å². The van der Waals surface area contributed by atoms with E-state index in [4.69, 9.17) is 0 Å². The number of rotatable bonds is 5. The van der Waals surface area contributed by atoms with Gasteiger partial charge in [-0.25, -0.2) is 4.98 Å². The average Bonchev–Trinajstić information content (AvgIpc) is 2.47. The van der Waals surface area contributed by atoms with Crippen LogP contribution in [0.4, 0.5) is 5.69 Å². The second-order valence-electron chi connectivity index (χ2n) is 6.30. The summed E-state index contributed by atoms with van der Waals surface area (Å²) in [6.07, 6.45) is 2.65. The Morgan fingerprint density at radius 3 is 2.41 bits per heavy atom. The monoisotopic (exact) mass is 297 g/mol. The Hall–Kier alpha value is -2.36. The molecule has 1 heterocycles. The molecule has 0 unspecified atom stereocenters. The quantitative estimate of drug-likeness (QED) is 0.890. The van der Waals surface area contributed by atoms with E-state index >= 15 is 0 Å². The number of nitrogens with zero attached hydrogens (tertiary/aromatic N) is 1. The summed E-state index contributed by atoms with van der Waals surface area (Å²) in [5.74, 6) is -0.150. The average molecular weight is 297 g/mol. The number of carbonyl (C=O) groups excluding carboxylic acids is 1. The van der Waals surface area contributed by atoms with Crippen molar-refractivity contribution in [2.75, 3.05) is 11.9 Å². The standard InChI is InChI=1S/C18H23N3O/c1-18(2,3)21-17(22)16-10-9-15(13-20-16)19-12-11-14-7-5-4-6-8-14/h4-10,13,19H,11-12H2,1-3H3,(H,21,22). The van der Waals surface area contributed by atoms with Crippen LogP contribution in [0.5, 0.6) is 0 Å². The van der Waals surface area contributed by atoms with E-state index in [1.165, 1.54) is 5.56 Å². The number of hydrogen-bond donors (Lipinski definition) is 2. The fourth-order valence-corrected chi connectivity index (χ4v) is 2.03. The Labute approximate surface area is 132 Å². The van der Waals surface area contributed by atoms with Crippen molar-refractivity contribution < 1.29 is 4.79 Å². The van der Waals surface area contributed by atoms with Crippen LogP contribution in [0.15, 0.2) is 48.7 Å². The van der Waals surface area contributed by atoms with Gasteiger partial charge >= 0.3 is 0 Å². The van der Waals surface area contributed by atoms with Crippen molar-refractivity contribution in [2.45, 2.75) is 32.7 Å². The van der Waals surface area contributed by atoms with Crippen molar-refractivity contribution in [3.05, 3.63) is 59.9 Å². The van der Waals surface area contributed by atoms with Crippen molar-refractivity contribution in [3.8, 4) is 0 Å². The zero-order valence-electron chi connectivity index (χ0n) is 13.4. The van der Waals surface area contributed by atoms with Crippen LogP contribution in [0.1, 0.15) is 36.8 Å². The number of nitrogens with one attached hydrogen (secondary N) is 2. The van der Waals surface area contributed by atoms with E-state index in [1.807, 2.05) is 45.0 Å². The molecule has 0 fully saturated rings. The van der Waals surface area contributed by atoms with Gasteiger partial charge in [0.05, 0.1) is 11.9 Å². The van der Waals surface area contributed by atoms with Crippen molar-refractivity contribution in [1.29, 1.82) is 0 Å². The maximum atomic E-state index is 12.0. The van der Waals surface area contributed by atoms with Crippen LogP contribution in [0.2, 0.25) is 0 Å². The van der Waals surface area contributed by atoms with Crippen LogP contribution < -0.4 is 10.6 Å². The molecule has 2 rings (SSSR count). The van der Waals surface area contributed by atoms with Crippen molar-refractivity contribution in [3.63, 3.8) is 0 Å². The van der Waals surface area contributed by atoms with E-state index in [9.17, 15) is 4.79 Å². The molecular formula is C18H23N3O. The number of carbonyl (C=O) groups is 1. The maximum Gasteiger partial charge on any atom is 0.270 e. The minimum atomic E-state index is -0.259. The minimum absolute atomic E-state index is 0.150. The molecule has 0 radical (unpaired) electrons. The molecule has 0 aliphatic carbocycles. The third-order valence-electron chi connectivity index (χ3n) is 3.07. The highest BCUT2D eigenvalue weighted by Crippen LogP contribution is 2.08. The first-order valence-corrected chi connectivity index (χ1v) is 7.50. The van der Waals surface area contributed by atoms with Crippen LogP contribution in [0.25, 0.3) is 0 Å². The lowest BCUT2D eigenvalue weighted by Gasteiger charge is -2.20. The molecule has 22 heavy (non-hydrogen) atoms. The molecule has 0 bridgehead atoms. The van der Waals surface area contributed by atoms with Crippen LogP contribution in [-0.4, -0.2) is 23.0 Å². The lowest BCUT2D eigenvalue weighted by molar-refractivity contribution is 0.0914. The zero-order valence-corrected chi connectivity index (χ0v) is 13.4. The molecule has 4 nitrogen and oxygen atoms in total. The van der Waals surface area contributed by atoms with E-state index in [-0.39, 0.29) is 11.4 Å². The Kier molecular flexibility index (Phi) is 5.15. The number of hydrogen-bond acceptors (Lipinski definition) is 3. The molecule has 4 heteroatoms. The van der Waals surface area contributed by atoms with Gasteiger partial charge in [-0.05, 0) is 44.9 Å². The lowest BCUT2D eigenvalue weighted by Crippen LogP contribution is -2.40. The number of benzene rings is 1. The first-order valence-electron chi connectivity index (χ1n) is 7.50. The van der Waals surface area contributed by atoms with Gasteiger partial charge in [0.2, 0.25) is 0 Å². The summed E-state index contributed by atoms with van der Waals surface area (Å²) < 4.78 is 0. The molecule has 1 aromatic carbocycles. The summed E-state index contributed by atoms with van der Waals surface area (Å²) in [5, 5.41) is 6.21. The molecule has 0 aliphatic rings. The van der Waals surface area contributed by atoms with Gasteiger partial charge in [-0.1, -0.05) is 30.3 Å². The van der Waals surface area contributed by atoms with Gasteiger partial charge in [0.25, 0.3) is 5.91 Å². The summed E-state index contributed by atoms with van der Waals surface area (Å²) in [6, 6.07) is 13.9. The Balaban J connectivity index is 1.85. The molecular weight excluding hydrogens is 274 g/mol. The Bertz CT molecular complexity index is 600. The molecule has 0 saturated heterocycles. The fraction of sp³-hybridized carbons (Fsp3) is 0.333. The number of anilines is 1. The van der Waals surface area contributed by atoms with Crippen LogP contribution in [-0.2, 0) is 6.42 Å². The summed E-state index contributed by atoms with van der Waals surface area (Å²) in [7, 11) is 0. The van der Waals surface area contributed by atoms with Gasteiger partial charge < -0.3 is 10.6 Å². The topological polar surface area (TPSA) is 54.0 Å². The van der Waals surface area contributed by atoms with Crippen LogP contribution >= 0.6 is 0 Å². The van der Waals surface area contributed by atoms with Crippen molar-refractivity contribution in [1.82, 2.24) is 10.3 Å². The van der Waals surface area contributed by atoms with Gasteiger partial charge in [-0.2, -0.15) is 0 Å². The first kappa shape index (κ1) is 16.0. The molecule has 0 saturated carbocycles. The fourth-order valence-electron chi connectivity index (χ4n) is 2.03. The Morgan fingerprint density at radius 2 is 1.82 bits per heavy atom. The molecule has 2 aromatic rings. The summed E-state index contributed by atoms with van der Waals surface area (Å²) in [6.45, 7) is 6.68. The second-order valence-corrected chi connectivity index (χ2v) is 6.30. The van der Waals surface area contributed by atoms with E-state index in [0.29, 0.717) is 5.69 Å². The molecule has 0 spiro atoms. The molecule has 116 valence electrons. The molecule has 1 aromatic heterocycles. The second kappa shape index (κ2) is 7.07. The Morgan fingerprint density at radius 1 is 1.09 bits per heavy atom. The third-order valence-corrected chi connectivity index (χ3v) is 3.07. The largest absolute Gasteiger partial charge is 0.383 e. The van der Waals surface area contributed by atoms with E-state index in [2.05, 4.69) is 27.8 Å². The van der Waals surface area contributed by atoms with Crippen molar-refractivity contribution >= 4 is 11.6 Å². The number of aromatic nitrogens is 1. The molecule has 1 amide bonds. The molecule has 2 N–H and O–H groups in total.